The van der Waals surface area contributed by atoms with Gasteiger partial charge in [-0.05, 0) is 18.4 Å². The SMILES string of the molecule is CO[C@@H](c1ccccc1)[C@H](C(C)C)[C@@](C)(O)[Si](C)(C)C. The van der Waals surface area contributed by atoms with Crippen molar-refractivity contribution in [3.8, 4) is 0 Å². The minimum absolute atomic E-state index is 0.0714. The predicted octanol–water partition coefficient (Wildman–Crippen LogP) is 4.27. The van der Waals surface area contributed by atoms with E-state index in [1.54, 1.807) is 7.11 Å². The van der Waals surface area contributed by atoms with E-state index in [-0.39, 0.29) is 12.0 Å². The molecule has 0 aliphatic carbocycles. The molecule has 0 fully saturated rings. The molecule has 0 unspecified atom stereocenters. The van der Waals surface area contributed by atoms with Crippen molar-refractivity contribution in [1.29, 1.82) is 0 Å². The van der Waals surface area contributed by atoms with Crippen LogP contribution >= 0.6 is 0 Å². The Morgan fingerprint density at radius 2 is 1.60 bits per heavy atom. The summed E-state index contributed by atoms with van der Waals surface area (Å²) in [4.78, 5) is 0. The van der Waals surface area contributed by atoms with Gasteiger partial charge in [-0.2, -0.15) is 0 Å². The highest BCUT2D eigenvalue weighted by Gasteiger charge is 2.48. The van der Waals surface area contributed by atoms with Gasteiger partial charge in [-0.3, -0.25) is 0 Å². The minimum atomic E-state index is -1.75. The maximum Gasteiger partial charge on any atom is 0.0875 e. The summed E-state index contributed by atoms with van der Waals surface area (Å²) < 4.78 is 5.80. The first-order chi connectivity index (χ1) is 9.13. The first-order valence-corrected chi connectivity index (χ1v) is 10.9. The summed E-state index contributed by atoms with van der Waals surface area (Å²) in [5.74, 6) is 0.434. The quantitative estimate of drug-likeness (QED) is 0.794. The summed E-state index contributed by atoms with van der Waals surface area (Å²) in [7, 11) is -0.00367. The molecule has 1 aromatic rings. The predicted molar refractivity (Wildman–Crippen MR) is 88.5 cm³/mol. The second-order valence-corrected chi connectivity index (χ2v) is 12.7. The van der Waals surface area contributed by atoms with Crippen LogP contribution in [0.3, 0.4) is 0 Å². The lowest BCUT2D eigenvalue weighted by Crippen LogP contribution is -2.58. The summed E-state index contributed by atoms with van der Waals surface area (Å²) in [5, 5.41) is 10.5. The van der Waals surface area contributed by atoms with Gasteiger partial charge >= 0.3 is 0 Å². The van der Waals surface area contributed by atoms with Crippen molar-refractivity contribution in [3.05, 3.63) is 35.9 Å². The number of hydrogen-bond acceptors (Lipinski definition) is 2. The highest BCUT2D eigenvalue weighted by atomic mass is 28.3. The van der Waals surface area contributed by atoms with Crippen molar-refractivity contribution < 1.29 is 9.84 Å². The average molecular weight is 295 g/mol. The fraction of sp³-hybridized carbons (Fsp3) is 0.647. The van der Waals surface area contributed by atoms with Crippen LogP contribution in [0.4, 0.5) is 0 Å². The van der Waals surface area contributed by atoms with Crippen molar-refractivity contribution in [1.82, 2.24) is 0 Å². The smallest absolute Gasteiger partial charge is 0.0875 e. The van der Waals surface area contributed by atoms with Gasteiger partial charge in [-0.15, -0.1) is 0 Å². The lowest BCUT2D eigenvalue weighted by molar-refractivity contribution is -0.0558. The third-order valence-corrected chi connectivity index (χ3v) is 7.96. The fourth-order valence-electron chi connectivity index (χ4n) is 2.93. The van der Waals surface area contributed by atoms with Gasteiger partial charge in [0.1, 0.15) is 0 Å². The van der Waals surface area contributed by atoms with Gasteiger partial charge in [0, 0.05) is 13.0 Å². The molecule has 1 aromatic carbocycles. The average Bonchev–Trinajstić information content (AvgIpc) is 2.34. The van der Waals surface area contributed by atoms with Gasteiger partial charge in [0.15, 0.2) is 0 Å². The Balaban J connectivity index is 3.25. The van der Waals surface area contributed by atoms with Crippen LogP contribution in [0, 0.1) is 11.8 Å². The van der Waals surface area contributed by atoms with E-state index < -0.39 is 13.3 Å². The Morgan fingerprint density at radius 3 is 1.95 bits per heavy atom. The first-order valence-electron chi connectivity index (χ1n) is 7.43. The zero-order valence-electron chi connectivity index (χ0n) is 14.0. The van der Waals surface area contributed by atoms with E-state index in [2.05, 4.69) is 45.6 Å². The van der Waals surface area contributed by atoms with Crippen LogP contribution in [-0.4, -0.2) is 25.5 Å². The molecule has 1 N–H and O–H groups in total. The number of methoxy groups -OCH3 is 1. The Labute approximate surface area is 125 Å². The monoisotopic (exact) mass is 294 g/mol. The van der Waals surface area contributed by atoms with Crippen molar-refractivity contribution >= 4 is 8.07 Å². The summed E-state index contributed by atoms with van der Waals surface area (Å²) in [6, 6.07) is 10.2. The second kappa shape index (κ2) is 6.42. The Bertz CT molecular complexity index is 407. The van der Waals surface area contributed by atoms with E-state index in [0.717, 1.165) is 5.56 Å². The van der Waals surface area contributed by atoms with Crippen LogP contribution in [0.25, 0.3) is 0 Å². The zero-order chi connectivity index (χ0) is 15.6. The number of benzene rings is 1. The molecule has 3 heteroatoms. The van der Waals surface area contributed by atoms with Gasteiger partial charge in [0.2, 0.25) is 0 Å². The molecule has 0 heterocycles. The normalized spacial score (nSPS) is 18.6. The van der Waals surface area contributed by atoms with Crippen molar-refractivity contribution in [2.45, 2.75) is 51.7 Å². The number of aliphatic hydroxyl groups is 1. The van der Waals surface area contributed by atoms with Gasteiger partial charge in [-0.25, -0.2) is 0 Å². The number of ether oxygens (including phenoxy) is 1. The molecule has 0 aliphatic heterocycles. The molecule has 0 radical (unpaired) electrons. The molecule has 0 spiro atoms. The molecule has 2 nitrogen and oxygen atoms in total. The standard InChI is InChI=1S/C17H30O2Si/c1-13(2)15(17(3,18)20(5,6)7)16(19-4)14-11-9-8-10-12-14/h8-13,15-16,18H,1-7H3/t15-,16-,17-/m0/s1. The van der Waals surface area contributed by atoms with E-state index >= 15 is 0 Å². The minimum Gasteiger partial charge on any atom is -0.393 e. The van der Waals surface area contributed by atoms with Crippen molar-refractivity contribution in [2.75, 3.05) is 7.11 Å². The summed E-state index contributed by atoms with van der Waals surface area (Å²) in [6.45, 7) is 13.0. The van der Waals surface area contributed by atoms with Crippen LogP contribution in [0.5, 0.6) is 0 Å². The van der Waals surface area contributed by atoms with Gasteiger partial charge in [0.25, 0.3) is 0 Å². The molecule has 0 aliphatic rings. The van der Waals surface area contributed by atoms with Crippen LogP contribution in [0.2, 0.25) is 19.6 Å². The van der Waals surface area contributed by atoms with E-state index in [1.165, 1.54) is 0 Å². The number of hydrogen-bond donors (Lipinski definition) is 1. The fourth-order valence-corrected chi connectivity index (χ4v) is 4.41. The number of rotatable bonds is 6. The third-order valence-electron chi connectivity index (χ3n) is 4.59. The van der Waals surface area contributed by atoms with Gasteiger partial charge < -0.3 is 9.84 Å². The molecule has 0 aromatic heterocycles. The molecule has 0 amide bonds. The van der Waals surface area contributed by atoms with E-state index in [1.807, 2.05) is 25.1 Å². The lowest BCUT2D eigenvalue weighted by atomic mass is 9.82. The Morgan fingerprint density at radius 1 is 1.10 bits per heavy atom. The van der Waals surface area contributed by atoms with Crippen molar-refractivity contribution in [3.63, 3.8) is 0 Å². The van der Waals surface area contributed by atoms with E-state index in [4.69, 9.17) is 4.74 Å². The molecule has 0 saturated heterocycles. The molecular formula is C17H30O2Si. The molecule has 0 bridgehead atoms. The summed E-state index contributed by atoms with van der Waals surface area (Å²) in [6.07, 6.45) is -0.0714. The van der Waals surface area contributed by atoms with Gasteiger partial charge in [0.05, 0.1) is 19.4 Å². The largest absolute Gasteiger partial charge is 0.393 e. The maximum atomic E-state index is 11.2. The van der Waals surface area contributed by atoms with Crippen LogP contribution in [-0.2, 0) is 4.74 Å². The zero-order valence-corrected chi connectivity index (χ0v) is 15.0. The van der Waals surface area contributed by atoms with Crippen molar-refractivity contribution in [2.24, 2.45) is 11.8 Å². The van der Waals surface area contributed by atoms with E-state index in [0.29, 0.717) is 5.92 Å². The molecule has 0 saturated carbocycles. The lowest BCUT2D eigenvalue weighted by Gasteiger charge is -2.47. The highest BCUT2D eigenvalue weighted by Crippen LogP contribution is 2.42. The first kappa shape index (κ1) is 17.4. The highest BCUT2D eigenvalue weighted by molar-refractivity contribution is 6.78. The molecule has 20 heavy (non-hydrogen) atoms. The summed E-state index contributed by atoms with van der Waals surface area (Å²) in [5.41, 5.74) is 1.15. The Kier molecular flexibility index (Phi) is 5.59. The molecule has 3 atom stereocenters. The van der Waals surface area contributed by atoms with Crippen LogP contribution in [0.15, 0.2) is 30.3 Å². The maximum absolute atomic E-state index is 11.2. The second-order valence-electron chi connectivity index (χ2n) is 7.23. The Hall–Kier alpha value is -0.643. The molecule has 1 rings (SSSR count). The molecular weight excluding hydrogens is 264 g/mol. The third kappa shape index (κ3) is 3.51. The van der Waals surface area contributed by atoms with E-state index in [9.17, 15) is 5.11 Å². The topological polar surface area (TPSA) is 29.5 Å². The molecule has 114 valence electrons. The van der Waals surface area contributed by atoms with Gasteiger partial charge in [-0.1, -0.05) is 63.8 Å². The summed E-state index contributed by atoms with van der Waals surface area (Å²) >= 11 is 0. The van der Waals surface area contributed by atoms with Crippen LogP contribution < -0.4 is 0 Å². The van der Waals surface area contributed by atoms with Crippen LogP contribution in [0.1, 0.15) is 32.4 Å².